The quantitative estimate of drug-likeness (QED) is 0.645. The summed E-state index contributed by atoms with van der Waals surface area (Å²) in [7, 11) is 0. The fourth-order valence-electron chi connectivity index (χ4n) is 3.01. The molecule has 1 aliphatic rings. The van der Waals surface area contributed by atoms with Gasteiger partial charge in [0.1, 0.15) is 11.3 Å². The maximum Gasteiger partial charge on any atom is 0.422 e. The minimum atomic E-state index is -4.38. The Bertz CT molecular complexity index is 967. The number of hydrogen-bond donors (Lipinski definition) is 2. The van der Waals surface area contributed by atoms with Crippen molar-refractivity contribution >= 4 is 28.4 Å². The van der Waals surface area contributed by atoms with Gasteiger partial charge in [0.2, 0.25) is 5.91 Å². The van der Waals surface area contributed by atoms with Crippen molar-refractivity contribution in [2.75, 3.05) is 6.61 Å². The van der Waals surface area contributed by atoms with E-state index < -0.39 is 12.8 Å². The van der Waals surface area contributed by atoms with E-state index in [4.69, 9.17) is 4.74 Å². The molecule has 10 heteroatoms. The molecular weight excluding hydrogens is 393 g/mol. The molecule has 0 bridgehead atoms. The van der Waals surface area contributed by atoms with Gasteiger partial charge >= 0.3 is 6.18 Å². The first kappa shape index (κ1) is 18.7. The van der Waals surface area contributed by atoms with E-state index in [9.17, 15) is 18.0 Å². The number of pyridine rings is 1. The number of rotatable bonds is 6. The minimum absolute atomic E-state index is 0.0235. The van der Waals surface area contributed by atoms with E-state index in [1.165, 1.54) is 6.07 Å². The Morgan fingerprint density at radius 2 is 2.25 bits per heavy atom. The molecule has 148 valence electrons. The molecule has 6 nitrogen and oxygen atoms in total. The van der Waals surface area contributed by atoms with E-state index in [0.717, 1.165) is 27.6 Å². The van der Waals surface area contributed by atoms with Crippen molar-refractivity contribution in [1.29, 1.82) is 0 Å². The molecule has 1 fully saturated rings. The highest BCUT2D eigenvalue weighted by atomic mass is 32.1. The van der Waals surface area contributed by atoms with Gasteiger partial charge in [0.15, 0.2) is 17.3 Å². The van der Waals surface area contributed by atoms with Gasteiger partial charge in [0.05, 0.1) is 6.04 Å². The minimum Gasteiger partial charge on any atom is -0.475 e. The molecule has 3 aromatic heterocycles. The molecule has 2 N–H and O–H groups in total. The van der Waals surface area contributed by atoms with E-state index in [1.54, 1.807) is 25.3 Å². The summed E-state index contributed by atoms with van der Waals surface area (Å²) in [5, 5.41) is 3.09. The molecule has 28 heavy (non-hydrogen) atoms. The summed E-state index contributed by atoms with van der Waals surface area (Å²) in [4.78, 5) is 25.1. The predicted molar refractivity (Wildman–Crippen MR) is 97.2 cm³/mol. The monoisotopic (exact) mass is 410 g/mol. The molecule has 1 saturated carbocycles. The number of halogens is 3. The number of alkyl halides is 3. The molecule has 0 radical (unpaired) electrons. The lowest BCUT2D eigenvalue weighted by molar-refractivity contribution is -0.152. The van der Waals surface area contributed by atoms with Crippen LogP contribution in [0.1, 0.15) is 36.0 Å². The average Bonchev–Trinajstić information content (AvgIpc) is 3.11. The van der Waals surface area contributed by atoms with Gasteiger partial charge in [-0.05, 0) is 37.6 Å². The van der Waals surface area contributed by atoms with Crippen molar-refractivity contribution in [3.8, 4) is 5.06 Å². The van der Waals surface area contributed by atoms with E-state index in [2.05, 4.69) is 20.3 Å². The van der Waals surface area contributed by atoms with Gasteiger partial charge in [-0.3, -0.25) is 4.79 Å². The van der Waals surface area contributed by atoms with Crippen LogP contribution in [-0.4, -0.2) is 33.6 Å². The van der Waals surface area contributed by atoms with E-state index in [1.807, 2.05) is 6.07 Å². The second-order valence-corrected chi connectivity index (χ2v) is 7.81. The molecule has 4 rings (SSSR count). The predicted octanol–water partition coefficient (Wildman–Crippen LogP) is 3.94. The largest absolute Gasteiger partial charge is 0.475 e. The van der Waals surface area contributed by atoms with Crippen LogP contribution in [0, 0.1) is 5.92 Å². The van der Waals surface area contributed by atoms with Crippen LogP contribution in [0.25, 0.3) is 11.2 Å². The molecule has 3 atom stereocenters. The first-order valence-electron chi connectivity index (χ1n) is 8.70. The van der Waals surface area contributed by atoms with Gasteiger partial charge in [-0.2, -0.15) is 13.2 Å². The van der Waals surface area contributed by atoms with Crippen LogP contribution in [0.3, 0.4) is 0 Å². The number of imidazole rings is 1. The highest BCUT2D eigenvalue weighted by Gasteiger charge is 2.46. The second-order valence-electron chi connectivity index (χ2n) is 6.73. The summed E-state index contributed by atoms with van der Waals surface area (Å²) >= 11 is 1.09. The van der Waals surface area contributed by atoms with Crippen molar-refractivity contribution < 1.29 is 22.7 Å². The smallest absolute Gasteiger partial charge is 0.422 e. The number of carbonyl (C=O) groups excluding carboxylic acids is 1. The summed E-state index contributed by atoms with van der Waals surface area (Å²) in [6.45, 7) is 0.462. The summed E-state index contributed by atoms with van der Waals surface area (Å²) in [6.07, 6.45) is -2.00. The lowest BCUT2D eigenvalue weighted by atomic mass is 10.2. The number of fused-ring (bicyclic) bond motifs is 1. The van der Waals surface area contributed by atoms with Gasteiger partial charge in [-0.15, -0.1) is 11.3 Å². The number of hydrogen-bond acceptors (Lipinski definition) is 5. The van der Waals surface area contributed by atoms with Crippen LogP contribution in [-0.2, 0) is 4.79 Å². The van der Waals surface area contributed by atoms with Gasteiger partial charge in [0.25, 0.3) is 0 Å². The zero-order valence-corrected chi connectivity index (χ0v) is 15.6. The number of ether oxygens (including phenoxy) is 1. The number of aromatic nitrogens is 3. The van der Waals surface area contributed by atoms with Crippen LogP contribution >= 0.6 is 11.3 Å². The number of aromatic amines is 1. The second kappa shape index (κ2) is 7.08. The summed E-state index contributed by atoms with van der Waals surface area (Å²) < 4.78 is 41.4. The summed E-state index contributed by atoms with van der Waals surface area (Å²) in [5.74, 6) is 0.497. The molecule has 0 saturated heterocycles. The Morgan fingerprint density at radius 3 is 3.00 bits per heavy atom. The van der Waals surface area contributed by atoms with Crippen molar-refractivity contribution in [1.82, 2.24) is 20.3 Å². The Labute approximate surface area is 162 Å². The molecule has 0 spiro atoms. The summed E-state index contributed by atoms with van der Waals surface area (Å²) in [6, 6.07) is 6.49. The highest BCUT2D eigenvalue weighted by molar-refractivity contribution is 7.13. The Kier molecular flexibility index (Phi) is 4.74. The number of nitrogens with one attached hydrogen (secondary N) is 2. The van der Waals surface area contributed by atoms with E-state index in [-0.39, 0.29) is 28.8 Å². The molecule has 3 heterocycles. The third kappa shape index (κ3) is 4.11. The van der Waals surface area contributed by atoms with Crippen LogP contribution < -0.4 is 10.1 Å². The number of nitrogens with zero attached hydrogens (tertiary/aromatic N) is 2. The van der Waals surface area contributed by atoms with Crippen molar-refractivity contribution in [2.24, 2.45) is 5.92 Å². The molecule has 1 amide bonds. The fourth-order valence-corrected chi connectivity index (χ4v) is 3.87. The van der Waals surface area contributed by atoms with Gasteiger partial charge in [-0.1, -0.05) is 0 Å². The van der Waals surface area contributed by atoms with Crippen molar-refractivity contribution in [3.63, 3.8) is 0 Å². The van der Waals surface area contributed by atoms with Gasteiger partial charge < -0.3 is 15.0 Å². The Hall–Kier alpha value is -2.62. The fraction of sp³-hybridized carbons (Fsp3) is 0.389. The maximum atomic E-state index is 12.5. The van der Waals surface area contributed by atoms with Crippen LogP contribution in [0.15, 0.2) is 30.5 Å². The topological polar surface area (TPSA) is 79.9 Å². The van der Waals surface area contributed by atoms with Crippen molar-refractivity contribution in [3.05, 3.63) is 41.2 Å². The molecule has 0 aromatic carbocycles. The zero-order chi connectivity index (χ0) is 19.9. The lowest BCUT2D eigenvalue weighted by Gasteiger charge is -2.12. The molecule has 0 aliphatic heterocycles. The Balaban J connectivity index is 1.33. The zero-order valence-electron chi connectivity index (χ0n) is 14.8. The number of carbonyl (C=O) groups is 1. The molecule has 1 unspecified atom stereocenters. The number of H-pyrrole nitrogens is 1. The van der Waals surface area contributed by atoms with Crippen molar-refractivity contribution in [2.45, 2.75) is 31.5 Å². The highest BCUT2D eigenvalue weighted by Crippen LogP contribution is 2.47. The molecular formula is C18H17F3N4O2S. The van der Waals surface area contributed by atoms with Gasteiger partial charge in [0, 0.05) is 22.9 Å². The third-order valence-electron chi connectivity index (χ3n) is 4.52. The summed E-state index contributed by atoms with van der Waals surface area (Å²) in [5.41, 5.74) is 1.46. The van der Waals surface area contributed by atoms with Crippen LogP contribution in [0.5, 0.6) is 5.06 Å². The third-order valence-corrected chi connectivity index (χ3v) is 5.70. The van der Waals surface area contributed by atoms with Gasteiger partial charge in [-0.25, -0.2) is 9.97 Å². The first-order chi connectivity index (χ1) is 13.3. The number of amides is 1. The average molecular weight is 410 g/mol. The maximum absolute atomic E-state index is 12.5. The molecule has 1 aliphatic carbocycles. The van der Waals surface area contributed by atoms with E-state index >= 15 is 0 Å². The first-order valence-corrected chi connectivity index (χ1v) is 9.52. The van der Waals surface area contributed by atoms with Crippen LogP contribution in [0.4, 0.5) is 13.2 Å². The normalized spacial score (nSPS) is 20.1. The SMILES string of the molecule is CC(NC(=O)[C@@H]1C[C@H]1c1nc2cccnc2[nH]1)c1ccc(OCC(F)(F)F)s1. The number of thiophene rings is 1. The van der Waals surface area contributed by atoms with E-state index in [0.29, 0.717) is 12.1 Å². The lowest BCUT2D eigenvalue weighted by Crippen LogP contribution is -2.28. The standard InChI is InChI=1S/C18H17F3N4O2S/c1-9(13-4-5-14(28-13)27-8-18(19,20)21)23-17(26)11-7-10(11)15-24-12-3-2-6-22-16(12)25-15/h2-6,9-11H,7-8H2,1H3,(H,23,26)(H,22,24,25)/t9?,10-,11-/m1/s1. The molecule has 3 aromatic rings. The Morgan fingerprint density at radius 1 is 1.43 bits per heavy atom. The van der Waals surface area contributed by atoms with Crippen LogP contribution in [0.2, 0.25) is 0 Å².